The van der Waals surface area contributed by atoms with Gasteiger partial charge in [-0.25, -0.2) is 0 Å². The summed E-state index contributed by atoms with van der Waals surface area (Å²) in [5, 5.41) is 10.4. The van der Waals surface area contributed by atoms with Crippen LogP contribution >= 0.6 is 0 Å². The van der Waals surface area contributed by atoms with E-state index in [0.29, 0.717) is 5.92 Å². The zero-order chi connectivity index (χ0) is 15.7. The minimum absolute atomic E-state index is 0.395. The quantitative estimate of drug-likeness (QED) is 0.452. The summed E-state index contributed by atoms with van der Waals surface area (Å²) in [5.41, 5.74) is 4.94. The van der Waals surface area contributed by atoms with Crippen molar-refractivity contribution < 1.29 is 5.11 Å². The predicted octanol–water partition coefficient (Wildman–Crippen LogP) is 5.59. The monoisotopic (exact) mass is 276 g/mol. The third-order valence-electron chi connectivity index (χ3n) is 3.79. The molecule has 0 spiro atoms. The largest absolute Gasteiger partial charge is 0.388 e. The Hall–Kier alpha value is -1.08. The molecular formula is C19H32O. The third kappa shape index (κ3) is 5.92. The van der Waals surface area contributed by atoms with Crippen molar-refractivity contribution in [1.29, 1.82) is 0 Å². The van der Waals surface area contributed by atoms with Crippen LogP contribution in [-0.4, -0.2) is 11.2 Å². The molecule has 0 saturated heterocycles. The second-order valence-corrected chi connectivity index (χ2v) is 5.70. The van der Waals surface area contributed by atoms with E-state index >= 15 is 0 Å². The Balaban J connectivity index is 5.43. The molecule has 20 heavy (non-hydrogen) atoms. The molecule has 0 fully saturated rings. The second kappa shape index (κ2) is 9.77. The van der Waals surface area contributed by atoms with E-state index in [-0.39, 0.29) is 0 Å². The van der Waals surface area contributed by atoms with Gasteiger partial charge in [0, 0.05) is 0 Å². The number of hydrogen-bond acceptors (Lipinski definition) is 1. The van der Waals surface area contributed by atoms with E-state index in [2.05, 4.69) is 60.3 Å². The number of allylic oxidation sites excluding steroid dienone is 5. The highest BCUT2D eigenvalue weighted by Crippen LogP contribution is 2.24. The van der Waals surface area contributed by atoms with E-state index in [4.69, 9.17) is 0 Å². The van der Waals surface area contributed by atoms with Gasteiger partial charge in [0.2, 0.25) is 0 Å². The Bertz CT molecular complexity index is 394. The van der Waals surface area contributed by atoms with Crippen molar-refractivity contribution in [3.05, 3.63) is 47.1 Å². The maximum absolute atomic E-state index is 10.4. The van der Waals surface area contributed by atoms with E-state index in [0.717, 1.165) is 24.8 Å². The molecule has 1 heteroatoms. The van der Waals surface area contributed by atoms with Crippen molar-refractivity contribution in [1.82, 2.24) is 0 Å². The fraction of sp³-hybridized carbons (Fsp3) is 0.579. The van der Waals surface area contributed by atoms with Crippen LogP contribution in [0.25, 0.3) is 0 Å². The van der Waals surface area contributed by atoms with E-state index < -0.39 is 6.10 Å². The first kappa shape index (κ1) is 18.9. The summed E-state index contributed by atoms with van der Waals surface area (Å²) in [6.45, 7) is 16.6. The first-order chi connectivity index (χ1) is 9.38. The Morgan fingerprint density at radius 3 is 2.25 bits per heavy atom. The molecule has 0 saturated carbocycles. The SMILES string of the molecule is C=CCCC(O)C(/C=C(C)\C(=C/C)C(C)C)=C(/C)CC. The summed E-state index contributed by atoms with van der Waals surface area (Å²) in [6.07, 6.45) is 8.37. The van der Waals surface area contributed by atoms with Crippen LogP contribution in [0.4, 0.5) is 0 Å². The molecule has 0 aromatic carbocycles. The molecule has 0 bridgehead atoms. The molecule has 0 radical (unpaired) electrons. The van der Waals surface area contributed by atoms with Gasteiger partial charge in [0.1, 0.15) is 0 Å². The molecule has 0 aliphatic carbocycles. The molecular weight excluding hydrogens is 244 g/mol. The van der Waals surface area contributed by atoms with Gasteiger partial charge in [0.25, 0.3) is 0 Å². The molecule has 1 nitrogen and oxygen atoms in total. The molecule has 0 aliphatic heterocycles. The maximum Gasteiger partial charge on any atom is 0.0792 e. The lowest BCUT2D eigenvalue weighted by Crippen LogP contribution is -2.11. The highest BCUT2D eigenvalue weighted by molar-refractivity contribution is 5.39. The summed E-state index contributed by atoms with van der Waals surface area (Å²) in [7, 11) is 0. The number of aliphatic hydroxyl groups excluding tert-OH is 1. The topological polar surface area (TPSA) is 20.2 Å². The van der Waals surface area contributed by atoms with Crippen molar-refractivity contribution >= 4 is 0 Å². The van der Waals surface area contributed by atoms with Gasteiger partial charge in [-0.15, -0.1) is 6.58 Å². The van der Waals surface area contributed by atoms with Crippen molar-refractivity contribution in [3.8, 4) is 0 Å². The van der Waals surface area contributed by atoms with Gasteiger partial charge in [-0.3, -0.25) is 0 Å². The predicted molar refractivity (Wildman–Crippen MR) is 90.8 cm³/mol. The summed E-state index contributed by atoms with van der Waals surface area (Å²) >= 11 is 0. The first-order valence-corrected chi connectivity index (χ1v) is 7.72. The van der Waals surface area contributed by atoms with E-state index in [9.17, 15) is 5.11 Å². The van der Waals surface area contributed by atoms with Crippen LogP contribution in [0, 0.1) is 5.92 Å². The first-order valence-electron chi connectivity index (χ1n) is 7.72. The highest BCUT2D eigenvalue weighted by atomic mass is 16.3. The summed E-state index contributed by atoms with van der Waals surface area (Å²) in [4.78, 5) is 0. The zero-order valence-electron chi connectivity index (χ0n) is 14.2. The molecule has 1 atom stereocenters. The minimum Gasteiger partial charge on any atom is -0.388 e. The molecule has 0 aromatic rings. The van der Waals surface area contributed by atoms with Crippen LogP contribution in [0.3, 0.4) is 0 Å². The van der Waals surface area contributed by atoms with Gasteiger partial charge < -0.3 is 5.11 Å². The summed E-state index contributed by atoms with van der Waals surface area (Å²) < 4.78 is 0. The van der Waals surface area contributed by atoms with Gasteiger partial charge in [-0.1, -0.05) is 44.6 Å². The van der Waals surface area contributed by atoms with Crippen LogP contribution in [0.5, 0.6) is 0 Å². The van der Waals surface area contributed by atoms with E-state index in [1.165, 1.54) is 16.7 Å². The van der Waals surface area contributed by atoms with Gasteiger partial charge in [0.05, 0.1) is 6.10 Å². The third-order valence-corrected chi connectivity index (χ3v) is 3.79. The fourth-order valence-corrected chi connectivity index (χ4v) is 2.47. The van der Waals surface area contributed by atoms with Gasteiger partial charge in [-0.05, 0) is 62.7 Å². The molecule has 1 unspecified atom stereocenters. The van der Waals surface area contributed by atoms with Crippen molar-refractivity contribution in [2.45, 2.75) is 66.9 Å². The number of rotatable bonds is 8. The number of aliphatic hydroxyl groups is 1. The Morgan fingerprint density at radius 1 is 1.25 bits per heavy atom. The van der Waals surface area contributed by atoms with E-state index in [1.807, 2.05) is 6.08 Å². The van der Waals surface area contributed by atoms with Gasteiger partial charge in [0.15, 0.2) is 0 Å². The lowest BCUT2D eigenvalue weighted by Gasteiger charge is -2.18. The Labute approximate surface area is 125 Å². The molecule has 1 N–H and O–H groups in total. The van der Waals surface area contributed by atoms with Crippen molar-refractivity contribution in [2.75, 3.05) is 0 Å². The fourth-order valence-electron chi connectivity index (χ4n) is 2.47. The average molecular weight is 276 g/mol. The Kier molecular flexibility index (Phi) is 9.24. The summed E-state index contributed by atoms with van der Waals surface area (Å²) in [5.74, 6) is 0.504. The standard InChI is InChI=1S/C19H32O/c1-8-11-12-19(20)18(15(6)9-2)13-16(7)17(10-3)14(4)5/h8,10,13-14,19-20H,1,9,11-12H2,2-7H3/b16-13-,17-10-,18-15-. The minimum atomic E-state index is -0.395. The second-order valence-electron chi connectivity index (χ2n) is 5.70. The van der Waals surface area contributed by atoms with Crippen LogP contribution in [0.1, 0.15) is 60.8 Å². The van der Waals surface area contributed by atoms with Crippen LogP contribution in [0.2, 0.25) is 0 Å². The van der Waals surface area contributed by atoms with Gasteiger partial charge in [-0.2, -0.15) is 0 Å². The molecule has 114 valence electrons. The molecule has 0 aromatic heterocycles. The van der Waals surface area contributed by atoms with Crippen molar-refractivity contribution in [3.63, 3.8) is 0 Å². The van der Waals surface area contributed by atoms with Gasteiger partial charge >= 0.3 is 0 Å². The normalized spacial score (nSPS) is 16.2. The van der Waals surface area contributed by atoms with Crippen molar-refractivity contribution in [2.24, 2.45) is 5.92 Å². The maximum atomic E-state index is 10.4. The molecule has 0 heterocycles. The highest BCUT2D eigenvalue weighted by Gasteiger charge is 2.13. The zero-order valence-corrected chi connectivity index (χ0v) is 14.2. The van der Waals surface area contributed by atoms with Crippen LogP contribution in [-0.2, 0) is 0 Å². The van der Waals surface area contributed by atoms with E-state index in [1.54, 1.807) is 0 Å². The lowest BCUT2D eigenvalue weighted by molar-refractivity contribution is 0.204. The molecule has 0 aliphatic rings. The molecule has 0 amide bonds. The smallest absolute Gasteiger partial charge is 0.0792 e. The van der Waals surface area contributed by atoms with Crippen LogP contribution in [0.15, 0.2) is 47.1 Å². The average Bonchev–Trinajstić information content (AvgIpc) is 2.41. The Morgan fingerprint density at radius 2 is 1.85 bits per heavy atom. The van der Waals surface area contributed by atoms with Crippen LogP contribution < -0.4 is 0 Å². The number of hydrogen-bond donors (Lipinski definition) is 1. The summed E-state index contributed by atoms with van der Waals surface area (Å²) in [6, 6.07) is 0. The molecule has 0 rings (SSSR count). The lowest BCUT2D eigenvalue weighted by atomic mass is 9.91.